The van der Waals surface area contributed by atoms with E-state index in [0.717, 1.165) is 10.6 Å². The van der Waals surface area contributed by atoms with Crippen molar-refractivity contribution >= 4 is 40.1 Å². The number of ether oxygens (including phenoxy) is 1. The molecule has 1 aliphatic heterocycles. The van der Waals surface area contributed by atoms with Crippen LogP contribution in [0.4, 0.5) is 11.4 Å². The van der Waals surface area contributed by atoms with Gasteiger partial charge in [0.05, 0.1) is 29.5 Å². The summed E-state index contributed by atoms with van der Waals surface area (Å²) in [5.74, 6) is -0.119. The third kappa shape index (κ3) is 3.56. The number of hydrogen-bond donors (Lipinski definition) is 1. The number of nitrogens with one attached hydrogen (secondary N) is 1. The van der Waals surface area contributed by atoms with Crippen LogP contribution in [0.25, 0.3) is 5.57 Å². The largest absolute Gasteiger partial charge is 0.494 e. The number of amides is 2. The van der Waals surface area contributed by atoms with E-state index in [4.69, 9.17) is 10.00 Å². The fraction of sp³-hybridized carbons (Fsp3) is 0.0870. The Balaban J connectivity index is 1.71. The van der Waals surface area contributed by atoms with E-state index in [0.29, 0.717) is 34.0 Å². The van der Waals surface area contributed by atoms with Crippen LogP contribution in [0, 0.1) is 11.3 Å². The molecule has 6 nitrogen and oxygen atoms in total. The summed E-state index contributed by atoms with van der Waals surface area (Å²) < 4.78 is 5.45. The minimum atomic E-state index is -0.443. The smallest absolute Gasteiger partial charge is 0.282 e. The van der Waals surface area contributed by atoms with Crippen molar-refractivity contribution in [2.24, 2.45) is 0 Å². The van der Waals surface area contributed by atoms with E-state index in [9.17, 15) is 9.59 Å². The first kappa shape index (κ1) is 19.4. The van der Waals surface area contributed by atoms with Gasteiger partial charge in [-0.1, -0.05) is 6.07 Å². The topological polar surface area (TPSA) is 82.4 Å². The Morgan fingerprint density at radius 1 is 1.03 bits per heavy atom. The Bertz CT molecular complexity index is 1160. The molecule has 1 aliphatic rings. The van der Waals surface area contributed by atoms with Crippen LogP contribution in [0.2, 0.25) is 0 Å². The molecule has 0 aliphatic carbocycles. The molecule has 148 valence electrons. The number of carbonyl (C=O) groups excluding carboxylic acids is 2. The van der Waals surface area contributed by atoms with Crippen molar-refractivity contribution in [2.75, 3.05) is 16.8 Å². The van der Waals surface area contributed by atoms with Gasteiger partial charge in [0.1, 0.15) is 11.4 Å². The monoisotopic (exact) mass is 415 g/mol. The lowest BCUT2D eigenvalue weighted by molar-refractivity contribution is -0.120. The van der Waals surface area contributed by atoms with Crippen LogP contribution in [-0.2, 0) is 9.59 Å². The number of hydrogen-bond acceptors (Lipinski definition) is 6. The summed E-state index contributed by atoms with van der Waals surface area (Å²) in [5, 5.41) is 14.0. The van der Waals surface area contributed by atoms with E-state index in [-0.39, 0.29) is 5.70 Å². The fourth-order valence-electron chi connectivity index (χ4n) is 3.16. The zero-order valence-corrected chi connectivity index (χ0v) is 16.9. The molecular formula is C23H17N3O3S. The van der Waals surface area contributed by atoms with Crippen LogP contribution >= 0.6 is 11.3 Å². The molecule has 30 heavy (non-hydrogen) atoms. The highest BCUT2D eigenvalue weighted by Crippen LogP contribution is 2.35. The number of nitriles is 1. The molecule has 2 heterocycles. The van der Waals surface area contributed by atoms with Crippen molar-refractivity contribution in [1.82, 2.24) is 0 Å². The van der Waals surface area contributed by atoms with Gasteiger partial charge in [-0.2, -0.15) is 5.26 Å². The van der Waals surface area contributed by atoms with Crippen LogP contribution in [0.5, 0.6) is 5.75 Å². The highest BCUT2D eigenvalue weighted by molar-refractivity contribution is 7.11. The van der Waals surface area contributed by atoms with Crippen molar-refractivity contribution in [2.45, 2.75) is 6.92 Å². The second-order valence-electron chi connectivity index (χ2n) is 6.41. The molecule has 0 saturated heterocycles. The SMILES string of the molecule is CCOc1ccc(NC2=C(c3cccs3)C(=O)N(c3ccc(C#N)cc3)C2=O)cc1. The zero-order chi connectivity index (χ0) is 21.1. The fourth-order valence-corrected chi connectivity index (χ4v) is 3.93. The van der Waals surface area contributed by atoms with Gasteiger partial charge < -0.3 is 10.1 Å². The molecule has 0 saturated carbocycles. The number of imide groups is 1. The first-order valence-corrected chi connectivity index (χ1v) is 10.2. The van der Waals surface area contributed by atoms with Crippen molar-refractivity contribution < 1.29 is 14.3 Å². The maximum Gasteiger partial charge on any atom is 0.282 e. The van der Waals surface area contributed by atoms with E-state index in [1.165, 1.54) is 11.3 Å². The van der Waals surface area contributed by atoms with Crippen molar-refractivity contribution in [3.05, 3.63) is 82.2 Å². The first-order chi connectivity index (χ1) is 14.6. The molecule has 2 aromatic carbocycles. The molecule has 0 atom stereocenters. The van der Waals surface area contributed by atoms with E-state index >= 15 is 0 Å². The van der Waals surface area contributed by atoms with Crippen molar-refractivity contribution in [1.29, 1.82) is 5.26 Å². The standard InChI is InChI=1S/C23H17N3O3S/c1-2-29-18-11-7-16(8-12-18)25-21-20(19-4-3-13-30-19)22(27)26(23(21)28)17-9-5-15(14-24)6-10-17/h3-13,25H,2H2,1H3. The van der Waals surface area contributed by atoms with Crippen LogP contribution in [0.15, 0.2) is 71.7 Å². The summed E-state index contributed by atoms with van der Waals surface area (Å²) in [4.78, 5) is 28.3. The molecule has 2 amide bonds. The quantitative estimate of drug-likeness (QED) is 0.603. The van der Waals surface area contributed by atoms with E-state index in [1.807, 2.05) is 30.5 Å². The van der Waals surface area contributed by atoms with E-state index < -0.39 is 11.8 Å². The second-order valence-corrected chi connectivity index (χ2v) is 7.36. The zero-order valence-electron chi connectivity index (χ0n) is 16.1. The molecule has 1 N–H and O–H groups in total. The number of benzene rings is 2. The highest BCUT2D eigenvalue weighted by Gasteiger charge is 2.40. The molecule has 0 radical (unpaired) electrons. The Kier molecular flexibility index (Phi) is 5.33. The van der Waals surface area contributed by atoms with Gasteiger partial charge in [-0.15, -0.1) is 11.3 Å². The summed E-state index contributed by atoms with van der Waals surface area (Å²) in [7, 11) is 0. The van der Waals surface area contributed by atoms with E-state index in [2.05, 4.69) is 5.32 Å². The molecule has 0 bridgehead atoms. The van der Waals surface area contributed by atoms with Crippen LogP contribution in [-0.4, -0.2) is 18.4 Å². The minimum Gasteiger partial charge on any atom is -0.494 e. The average molecular weight is 415 g/mol. The molecule has 7 heteroatoms. The van der Waals surface area contributed by atoms with Gasteiger partial charge in [-0.3, -0.25) is 9.59 Å². The van der Waals surface area contributed by atoms with Crippen molar-refractivity contribution in [3.63, 3.8) is 0 Å². The molecule has 0 fully saturated rings. The molecule has 0 unspecified atom stereocenters. The Morgan fingerprint density at radius 3 is 2.37 bits per heavy atom. The number of carbonyl (C=O) groups is 2. The lowest BCUT2D eigenvalue weighted by Gasteiger charge is -2.15. The number of thiophene rings is 1. The number of rotatable bonds is 6. The van der Waals surface area contributed by atoms with Crippen molar-refractivity contribution in [3.8, 4) is 11.8 Å². The molecular weight excluding hydrogens is 398 g/mol. The summed E-state index contributed by atoms with van der Waals surface area (Å²) in [6.45, 7) is 2.47. The maximum atomic E-state index is 13.2. The average Bonchev–Trinajstić information content (AvgIpc) is 3.37. The summed E-state index contributed by atoms with van der Waals surface area (Å²) >= 11 is 1.39. The van der Waals surface area contributed by atoms with Gasteiger partial charge in [0, 0.05) is 10.6 Å². The number of anilines is 2. The van der Waals surface area contributed by atoms with Gasteiger partial charge >= 0.3 is 0 Å². The lowest BCUT2D eigenvalue weighted by atomic mass is 10.1. The van der Waals surface area contributed by atoms with Crippen LogP contribution in [0.3, 0.4) is 0 Å². The normalized spacial score (nSPS) is 13.5. The lowest BCUT2D eigenvalue weighted by Crippen LogP contribution is -2.32. The van der Waals surface area contributed by atoms with Gasteiger partial charge in [0.25, 0.3) is 11.8 Å². The van der Waals surface area contributed by atoms with E-state index in [1.54, 1.807) is 48.5 Å². The van der Waals surface area contributed by atoms with Gasteiger partial charge in [-0.25, -0.2) is 4.90 Å². The maximum absolute atomic E-state index is 13.2. The Labute approximate surface area is 177 Å². The minimum absolute atomic E-state index is 0.218. The molecule has 1 aromatic heterocycles. The predicted molar refractivity (Wildman–Crippen MR) is 116 cm³/mol. The molecule has 4 rings (SSSR count). The molecule has 3 aromatic rings. The Hall–Kier alpha value is -3.89. The van der Waals surface area contributed by atoms with Gasteiger partial charge in [0.15, 0.2) is 0 Å². The molecule has 0 spiro atoms. The summed E-state index contributed by atoms with van der Waals surface area (Å²) in [6, 6.07) is 19.2. The second kappa shape index (κ2) is 8.23. The van der Waals surface area contributed by atoms with Crippen LogP contribution in [0.1, 0.15) is 17.4 Å². The third-order valence-electron chi connectivity index (χ3n) is 4.54. The highest BCUT2D eigenvalue weighted by atomic mass is 32.1. The third-order valence-corrected chi connectivity index (χ3v) is 5.43. The van der Waals surface area contributed by atoms with Gasteiger partial charge in [-0.05, 0) is 66.9 Å². The predicted octanol–water partition coefficient (Wildman–Crippen LogP) is 4.42. The van der Waals surface area contributed by atoms with Crippen LogP contribution < -0.4 is 15.0 Å². The summed E-state index contributed by atoms with van der Waals surface area (Å²) in [6.07, 6.45) is 0. The Morgan fingerprint density at radius 2 is 1.77 bits per heavy atom. The first-order valence-electron chi connectivity index (χ1n) is 9.29. The summed E-state index contributed by atoms with van der Waals surface area (Å²) in [5.41, 5.74) is 2.09. The van der Waals surface area contributed by atoms with Gasteiger partial charge in [0.2, 0.25) is 0 Å². The number of nitrogens with zero attached hydrogens (tertiary/aromatic N) is 2.